The van der Waals surface area contributed by atoms with Crippen LogP contribution in [-0.4, -0.2) is 66.3 Å². The first-order valence-corrected chi connectivity index (χ1v) is 6.50. The third-order valence-corrected chi connectivity index (χ3v) is 3.37. The summed E-state index contributed by atoms with van der Waals surface area (Å²) in [6, 6.07) is 4.07. The number of β-amino-alcohol motifs (C(OH)–C–C–N with tert-alkyl or cyclic N) is 1. The third-order valence-electron chi connectivity index (χ3n) is 3.37. The van der Waals surface area contributed by atoms with Crippen LogP contribution >= 0.6 is 0 Å². The molecule has 18 heavy (non-hydrogen) atoms. The quantitative estimate of drug-likeness (QED) is 0.784. The fraction of sp³-hybridized carbons (Fsp3) is 0.615. The Morgan fingerprint density at radius 1 is 1.28 bits per heavy atom. The molecule has 0 saturated carbocycles. The van der Waals surface area contributed by atoms with E-state index in [9.17, 15) is 0 Å². The fourth-order valence-corrected chi connectivity index (χ4v) is 2.26. The lowest BCUT2D eigenvalue weighted by Gasteiger charge is -2.34. The van der Waals surface area contributed by atoms with Crippen molar-refractivity contribution in [3.8, 4) is 0 Å². The van der Waals surface area contributed by atoms with Crippen molar-refractivity contribution in [2.45, 2.75) is 6.54 Å². The van der Waals surface area contributed by atoms with Crippen LogP contribution in [0.5, 0.6) is 0 Å². The van der Waals surface area contributed by atoms with Crippen molar-refractivity contribution in [1.82, 2.24) is 14.8 Å². The molecule has 1 aromatic heterocycles. The average Bonchev–Trinajstić information content (AvgIpc) is 2.42. The molecule has 1 aliphatic heterocycles. The minimum Gasteiger partial charge on any atom is -0.395 e. The average molecular weight is 250 g/mol. The second kappa shape index (κ2) is 6.68. The molecule has 100 valence electrons. The van der Waals surface area contributed by atoms with E-state index >= 15 is 0 Å². The Morgan fingerprint density at radius 2 is 2.00 bits per heavy atom. The van der Waals surface area contributed by atoms with Gasteiger partial charge in [0.25, 0.3) is 0 Å². The molecule has 2 rings (SSSR count). The van der Waals surface area contributed by atoms with E-state index in [1.165, 1.54) is 0 Å². The summed E-state index contributed by atoms with van der Waals surface area (Å²) in [5, 5.41) is 12.0. The van der Waals surface area contributed by atoms with Crippen LogP contribution in [0, 0.1) is 0 Å². The van der Waals surface area contributed by atoms with E-state index in [2.05, 4.69) is 26.2 Å². The van der Waals surface area contributed by atoms with Crippen LogP contribution in [0.4, 0.5) is 5.69 Å². The van der Waals surface area contributed by atoms with Gasteiger partial charge in [-0.1, -0.05) is 0 Å². The highest BCUT2D eigenvalue weighted by Gasteiger charge is 2.16. The lowest BCUT2D eigenvalue weighted by atomic mass is 10.2. The zero-order chi connectivity index (χ0) is 12.8. The highest BCUT2D eigenvalue weighted by molar-refractivity contribution is 5.42. The Balaban J connectivity index is 1.83. The van der Waals surface area contributed by atoms with Gasteiger partial charge in [0.05, 0.1) is 12.3 Å². The largest absolute Gasteiger partial charge is 0.395 e. The zero-order valence-electron chi connectivity index (χ0n) is 11.0. The number of aliphatic hydroxyl groups is 1. The number of hydrogen-bond acceptors (Lipinski definition) is 5. The van der Waals surface area contributed by atoms with Crippen molar-refractivity contribution in [2.75, 3.05) is 51.7 Å². The van der Waals surface area contributed by atoms with Crippen LogP contribution in [0.25, 0.3) is 0 Å². The lowest BCUT2D eigenvalue weighted by Crippen LogP contribution is -2.46. The Hall–Kier alpha value is -1.17. The summed E-state index contributed by atoms with van der Waals surface area (Å²) in [6.45, 7) is 6.12. The number of pyridine rings is 1. The van der Waals surface area contributed by atoms with Crippen molar-refractivity contribution in [1.29, 1.82) is 0 Å². The van der Waals surface area contributed by atoms with Crippen LogP contribution in [0.15, 0.2) is 18.3 Å². The van der Waals surface area contributed by atoms with Gasteiger partial charge in [-0.15, -0.1) is 0 Å². The van der Waals surface area contributed by atoms with Gasteiger partial charge in [0, 0.05) is 58.2 Å². The van der Waals surface area contributed by atoms with Gasteiger partial charge in [-0.25, -0.2) is 0 Å². The van der Waals surface area contributed by atoms with Crippen LogP contribution in [0.3, 0.4) is 0 Å². The Morgan fingerprint density at radius 3 is 2.67 bits per heavy atom. The molecule has 2 N–H and O–H groups in total. The zero-order valence-corrected chi connectivity index (χ0v) is 11.0. The maximum Gasteiger partial charge on any atom is 0.0564 e. The molecule has 1 aliphatic rings. The molecular weight excluding hydrogens is 228 g/mol. The molecule has 5 nitrogen and oxygen atoms in total. The number of rotatable bonds is 5. The van der Waals surface area contributed by atoms with E-state index in [4.69, 9.17) is 5.11 Å². The highest BCUT2D eigenvalue weighted by Crippen LogP contribution is 2.10. The molecule has 0 amide bonds. The van der Waals surface area contributed by atoms with Gasteiger partial charge in [-0.3, -0.25) is 14.8 Å². The molecule has 1 saturated heterocycles. The van der Waals surface area contributed by atoms with Gasteiger partial charge < -0.3 is 10.4 Å². The van der Waals surface area contributed by atoms with Crippen LogP contribution in [-0.2, 0) is 6.54 Å². The van der Waals surface area contributed by atoms with Gasteiger partial charge in [0.1, 0.15) is 0 Å². The molecule has 2 heterocycles. The molecule has 5 heteroatoms. The van der Waals surface area contributed by atoms with Crippen molar-refractivity contribution in [3.05, 3.63) is 24.0 Å². The monoisotopic (exact) mass is 250 g/mol. The molecule has 0 radical (unpaired) electrons. The van der Waals surface area contributed by atoms with Crippen molar-refractivity contribution in [2.24, 2.45) is 0 Å². The molecule has 0 bridgehead atoms. The summed E-state index contributed by atoms with van der Waals surface area (Å²) < 4.78 is 0. The summed E-state index contributed by atoms with van der Waals surface area (Å²) >= 11 is 0. The van der Waals surface area contributed by atoms with E-state index < -0.39 is 0 Å². The van der Waals surface area contributed by atoms with E-state index in [1.54, 1.807) is 0 Å². The van der Waals surface area contributed by atoms with Gasteiger partial charge in [0.15, 0.2) is 0 Å². The first-order chi connectivity index (χ1) is 8.81. The summed E-state index contributed by atoms with van der Waals surface area (Å²) in [7, 11) is 1.92. The summed E-state index contributed by atoms with van der Waals surface area (Å²) in [6.07, 6.45) is 1.85. The Labute approximate surface area is 108 Å². The number of hydrogen-bond donors (Lipinski definition) is 2. The van der Waals surface area contributed by atoms with Crippen molar-refractivity contribution < 1.29 is 5.11 Å². The highest BCUT2D eigenvalue weighted by atomic mass is 16.3. The molecule has 0 spiro atoms. The number of anilines is 1. The molecule has 0 atom stereocenters. The van der Waals surface area contributed by atoms with Crippen molar-refractivity contribution in [3.63, 3.8) is 0 Å². The standard InChI is InChI=1S/C13H22N4O/c1-14-12-2-3-15-13(10-12)11-17-6-4-16(5-7-17)8-9-18/h2-3,10,18H,4-9,11H2,1H3,(H,14,15). The fourth-order valence-electron chi connectivity index (χ4n) is 2.26. The van der Waals surface area contributed by atoms with E-state index in [0.29, 0.717) is 0 Å². The Kier molecular flexibility index (Phi) is 4.92. The molecule has 1 aromatic rings. The second-order valence-electron chi connectivity index (χ2n) is 4.63. The molecule has 1 fully saturated rings. The maximum absolute atomic E-state index is 8.91. The molecule has 0 aliphatic carbocycles. The van der Waals surface area contributed by atoms with E-state index in [-0.39, 0.29) is 6.61 Å². The maximum atomic E-state index is 8.91. The summed E-state index contributed by atoms with van der Waals surface area (Å²) in [4.78, 5) is 9.11. The SMILES string of the molecule is CNc1ccnc(CN2CCN(CCO)CC2)c1. The van der Waals surface area contributed by atoms with Gasteiger partial charge in [-0.2, -0.15) is 0 Å². The van der Waals surface area contributed by atoms with Crippen LogP contribution in [0.1, 0.15) is 5.69 Å². The second-order valence-corrected chi connectivity index (χ2v) is 4.63. The Bertz CT molecular complexity index is 364. The van der Waals surface area contributed by atoms with E-state index in [0.717, 1.165) is 50.6 Å². The first-order valence-electron chi connectivity index (χ1n) is 6.50. The predicted molar refractivity (Wildman–Crippen MR) is 72.6 cm³/mol. The predicted octanol–water partition coefficient (Wildman–Crippen LogP) is 0.233. The number of piperazine rings is 1. The number of aliphatic hydroxyl groups excluding tert-OH is 1. The van der Waals surface area contributed by atoms with Gasteiger partial charge in [0.2, 0.25) is 0 Å². The van der Waals surface area contributed by atoms with Crippen LogP contribution in [0.2, 0.25) is 0 Å². The smallest absolute Gasteiger partial charge is 0.0564 e. The molecular formula is C13H22N4O. The number of nitrogens with one attached hydrogen (secondary N) is 1. The summed E-state index contributed by atoms with van der Waals surface area (Å²) in [5.41, 5.74) is 2.22. The first kappa shape index (κ1) is 13.3. The normalized spacial score (nSPS) is 17.9. The van der Waals surface area contributed by atoms with E-state index in [1.807, 2.05) is 19.3 Å². The third kappa shape index (κ3) is 3.66. The van der Waals surface area contributed by atoms with Gasteiger partial charge >= 0.3 is 0 Å². The number of aromatic nitrogens is 1. The lowest BCUT2D eigenvalue weighted by molar-refractivity contribution is 0.108. The topological polar surface area (TPSA) is 51.6 Å². The van der Waals surface area contributed by atoms with Crippen molar-refractivity contribution >= 4 is 5.69 Å². The molecule has 0 unspecified atom stereocenters. The number of nitrogens with zero attached hydrogens (tertiary/aromatic N) is 3. The van der Waals surface area contributed by atoms with Crippen LogP contribution < -0.4 is 5.32 Å². The minimum absolute atomic E-state index is 0.256. The van der Waals surface area contributed by atoms with Gasteiger partial charge in [-0.05, 0) is 12.1 Å². The summed E-state index contributed by atoms with van der Waals surface area (Å²) in [5.74, 6) is 0. The minimum atomic E-state index is 0.256. The molecule has 0 aromatic carbocycles.